The molecule has 1 saturated carbocycles. The quantitative estimate of drug-likeness (QED) is 0.611. The van der Waals surface area contributed by atoms with Crippen molar-refractivity contribution in [2.75, 3.05) is 7.11 Å². The third-order valence-electron chi connectivity index (χ3n) is 4.43. The van der Waals surface area contributed by atoms with Gasteiger partial charge in [0.25, 0.3) is 0 Å². The number of ether oxygens (including phenoxy) is 1. The number of nitriles is 1. The van der Waals surface area contributed by atoms with E-state index in [1.54, 1.807) is 18.9 Å². The predicted octanol–water partition coefficient (Wildman–Crippen LogP) is 4.32. The molecule has 6 heteroatoms. The lowest BCUT2D eigenvalue weighted by molar-refractivity contribution is 0.414. The molecule has 5 nitrogen and oxygen atoms in total. The number of nitrogens with zero attached hydrogens (tertiary/aromatic N) is 4. The Hall–Kier alpha value is -2.78. The van der Waals surface area contributed by atoms with Crippen molar-refractivity contribution in [2.45, 2.75) is 29.7 Å². The molecule has 0 aliphatic heterocycles. The van der Waals surface area contributed by atoms with Crippen molar-refractivity contribution in [3.05, 3.63) is 65.5 Å². The van der Waals surface area contributed by atoms with Crippen LogP contribution in [0.3, 0.4) is 0 Å². The zero-order valence-electron chi connectivity index (χ0n) is 14.4. The van der Waals surface area contributed by atoms with E-state index in [0.717, 1.165) is 40.8 Å². The monoisotopic (exact) mass is 362 g/mol. The van der Waals surface area contributed by atoms with E-state index in [4.69, 9.17) is 4.74 Å². The molecule has 3 aromatic rings. The smallest absolute Gasteiger partial charge is 0.196 e. The van der Waals surface area contributed by atoms with Crippen LogP contribution in [-0.2, 0) is 5.75 Å². The second-order valence-corrected chi connectivity index (χ2v) is 7.15. The average molecular weight is 362 g/mol. The van der Waals surface area contributed by atoms with Crippen LogP contribution in [0, 0.1) is 11.3 Å². The number of benzene rings is 2. The standard InChI is InChI=1S/C20H18N4OS/c1-25-18-10-8-17(9-11-18)24-19(14-6-7-14)22-23-20(24)26-13-16-5-3-2-4-15(16)12-21/h2-5,8-11,14H,6-7,13H2,1H3. The molecule has 1 heterocycles. The number of hydrogen-bond acceptors (Lipinski definition) is 5. The normalized spacial score (nSPS) is 13.4. The maximum absolute atomic E-state index is 9.28. The first-order valence-electron chi connectivity index (χ1n) is 8.50. The molecule has 130 valence electrons. The molecule has 0 saturated heterocycles. The van der Waals surface area contributed by atoms with Crippen LogP contribution in [0.15, 0.2) is 53.7 Å². The molecule has 2 aromatic carbocycles. The number of thioether (sulfide) groups is 1. The molecular formula is C20H18N4OS. The highest BCUT2D eigenvalue weighted by Crippen LogP contribution is 2.41. The van der Waals surface area contributed by atoms with Gasteiger partial charge in [-0.15, -0.1) is 10.2 Å². The van der Waals surface area contributed by atoms with Crippen LogP contribution >= 0.6 is 11.8 Å². The molecule has 0 amide bonds. The van der Waals surface area contributed by atoms with Crippen molar-refractivity contribution in [3.8, 4) is 17.5 Å². The van der Waals surface area contributed by atoms with Gasteiger partial charge in [0.15, 0.2) is 5.16 Å². The summed E-state index contributed by atoms with van der Waals surface area (Å²) < 4.78 is 7.40. The highest BCUT2D eigenvalue weighted by molar-refractivity contribution is 7.98. The molecule has 1 aromatic heterocycles. The van der Waals surface area contributed by atoms with Crippen molar-refractivity contribution in [1.29, 1.82) is 5.26 Å². The molecule has 0 atom stereocenters. The summed E-state index contributed by atoms with van der Waals surface area (Å²) in [5.74, 6) is 3.02. The molecule has 0 unspecified atom stereocenters. The average Bonchev–Trinajstić information content (AvgIpc) is 3.46. The lowest BCUT2D eigenvalue weighted by atomic mass is 10.1. The molecule has 4 rings (SSSR count). The van der Waals surface area contributed by atoms with E-state index >= 15 is 0 Å². The summed E-state index contributed by atoms with van der Waals surface area (Å²) in [6.07, 6.45) is 2.33. The summed E-state index contributed by atoms with van der Waals surface area (Å²) in [7, 11) is 1.66. The summed E-state index contributed by atoms with van der Waals surface area (Å²) >= 11 is 1.61. The minimum atomic E-state index is 0.491. The third kappa shape index (κ3) is 3.31. The van der Waals surface area contributed by atoms with Crippen LogP contribution in [0.5, 0.6) is 5.75 Å². The molecule has 26 heavy (non-hydrogen) atoms. The Morgan fingerprint density at radius 3 is 2.62 bits per heavy atom. The molecule has 0 spiro atoms. The molecule has 1 fully saturated rings. The Labute approximate surface area is 156 Å². The fourth-order valence-electron chi connectivity index (χ4n) is 2.85. The third-order valence-corrected chi connectivity index (χ3v) is 5.40. The van der Waals surface area contributed by atoms with Crippen LogP contribution < -0.4 is 4.74 Å². The van der Waals surface area contributed by atoms with Gasteiger partial charge in [-0.25, -0.2) is 0 Å². The van der Waals surface area contributed by atoms with Gasteiger partial charge in [0.05, 0.1) is 18.7 Å². The zero-order valence-corrected chi connectivity index (χ0v) is 15.2. The van der Waals surface area contributed by atoms with Gasteiger partial charge in [-0.3, -0.25) is 4.57 Å². The van der Waals surface area contributed by atoms with Gasteiger partial charge in [-0.05, 0) is 48.7 Å². The van der Waals surface area contributed by atoms with Crippen molar-refractivity contribution in [3.63, 3.8) is 0 Å². The van der Waals surface area contributed by atoms with E-state index in [1.807, 2.05) is 48.5 Å². The van der Waals surface area contributed by atoms with Gasteiger partial charge in [-0.1, -0.05) is 30.0 Å². The van der Waals surface area contributed by atoms with Gasteiger partial charge in [-0.2, -0.15) is 5.26 Å². The number of rotatable bonds is 6. The fraction of sp³-hybridized carbons (Fsp3) is 0.250. The highest BCUT2D eigenvalue weighted by Gasteiger charge is 2.31. The molecule has 0 bridgehead atoms. The number of methoxy groups -OCH3 is 1. The SMILES string of the molecule is COc1ccc(-n2c(SCc3ccccc3C#N)nnc2C2CC2)cc1. The minimum absolute atomic E-state index is 0.491. The summed E-state index contributed by atoms with van der Waals surface area (Å²) in [4.78, 5) is 0. The fourth-order valence-corrected chi connectivity index (χ4v) is 3.82. The van der Waals surface area contributed by atoms with E-state index in [2.05, 4.69) is 20.8 Å². The lowest BCUT2D eigenvalue weighted by Gasteiger charge is -2.11. The van der Waals surface area contributed by atoms with E-state index in [0.29, 0.717) is 17.2 Å². The molecule has 1 aliphatic carbocycles. The van der Waals surface area contributed by atoms with E-state index < -0.39 is 0 Å². The molecule has 0 N–H and O–H groups in total. The second-order valence-electron chi connectivity index (χ2n) is 6.21. The van der Waals surface area contributed by atoms with E-state index in [1.165, 1.54) is 0 Å². The maximum Gasteiger partial charge on any atom is 0.196 e. The zero-order chi connectivity index (χ0) is 17.9. The topological polar surface area (TPSA) is 63.7 Å². The Morgan fingerprint density at radius 1 is 1.15 bits per heavy atom. The Bertz CT molecular complexity index is 955. The van der Waals surface area contributed by atoms with Gasteiger partial charge in [0.1, 0.15) is 11.6 Å². The van der Waals surface area contributed by atoms with Gasteiger partial charge in [0, 0.05) is 17.4 Å². The van der Waals surface area contributed by atoms with Crippen LogP contribution in [-0.4, -0.2) is 21.9 Å². The Balaban J connectivity index is 1.65. The molecule has 1 aliphatic rings. The van der Waals surface area contributed by atoms with Gasteiger partial charge in [0.2, 0.25) is 0 Å². The predicted molar refractivity (Wildman–Crippen MR) is 101 cm³/mol. The summed E-state index contributed by atoms with van der Waals surface area (Å²) in [5.41, 5.74) is 2.75. The second kappa shape index (κ2) is 7.22. The highest BCUT2D eigenvalue weighted by atomic mass is 32.2. The summed E-state index contributed by atoms with van der Waals surface area (Å²) in [6.45, 7) is 0. The van der Waals surface area contributed by atoms with Crippen LogP contribution in [0.25, 0.3) is 5.69 Å². The largest absolute Gasteiger partial charge is 0.497 e. The Morgan fingerprint density at radius 2 is 1.92 bits per heavy atom. The lowest BCUT2D eigenvalue weighted by Crippen LogP contribution is -2.02. The van der Waals surface area contributed by atoms with Crippen LogP contribution in [0.2, 0.25) is 0 Å². The minimum Gasteiger partial charge on any atom is -0.497 e. The summed E-state index contributed by atoms with van der Waals surface area (Å²) in [6, 6.07) is 17.9. The van der Waals surface area contributed by atoms with Crippen molar-refractivity contribution >= 4 is 11.8 Å². The van der Waals surface area contributed by atoms with Crippen LogP contribution in [0.1, 0.15) is 35.7 Å². The Kier molecular flexibility index (Phi) is 4.63. The summed E-state index contributed by atoms with van der Waals surface area (Å²) in [5, 5.41) is 19.0. The number of hydrogen-bond donors (Lipinski definition) is 0. The van der Waals surface area contributed by atoms with E-state index in [-0.39, 0.29) is 0 Å². The van der Waals surface area contributed by atoms with Crippen LogP contribution in [0.4, 0.5) is 0 Å². The van der Waals surface area contributed by atoms with Crippen molar-refractivity contribution in [1.82, 2.24) is 14.8 Å². The van der Waals surface area contributed by atoms with Gasteiger partial charge < -0.3 is 4.74 Å². The van der Waals surface area contributed by atoms with E-state index in [9.17, 15) is 5.26 Å². The first kappa shape index (κ1) is 16.7. The number of aromatic nitrogens is 3. The first-order valence-corrected chi connectivity index (χ1v) is 9.49. The molecule has 0 radical (unpaired) electrons. The van der Waals surface area contributed by atoms with Gasteiger partial charge >= 0.3 is 0 Å². The molecular weight excluding hydrogens is 344 g/mol. The first-order chi connectivity index (χ1) is 12.8. The maximum atomic E-state index is 9.28. The van der Waals surface area contributed by atoms with Crippen molar-refractivity contribution in [2.24, 2.45) is 0 Å². The van der Waals surface area contributed by atoms with Crippen molar-refractivity contribution < 1.29 is 4.74 Å².